The van der Waals surface area contributed by atoms with Crippen molar-refractivity contribution in [3.8, 4) is 5.69 Å². The van der Waals surface area contributed by atoms with E-state index in [0.29, 0.717) is 23.7 Å². The lowest BCUT2D eigenvalue weighted by molar-refractivity contribution is 0.0523. The topological polar surface area (TPSA) is 107 Å². The standard InChI is InChI=1S/C22H23N7O2/c1-22(2,3)31-21(30)24-13-15-8-7-11-17(12-15)29-19-18(27-28-29)14-23-20(26-19)25-16-9-5-4-6-10-16/h4-12,14H,13H2,1-3H3,(H,24,30)(H,23,25,26). The minimum atomic E-state index is -0.545. The van der Waals surface area contributed by atoms with Crippen LogP contribution >= 0.6 is 0 Å². The third-order valence-electron chi connectivity index (χ3n) is 4.21. The molecule has 0 atom stereocenters. The van der Waals surface area contributed by atoms with Gasteiger partial charge < -0.3 is 15.4 Å². The van der Waals surface area contributed by atoms with Crippen LogP contribution in [0.4, 0.5) is 16.4 Å². The third-order valence-corrected chi connectivity index (χ3v) is 4.21. The van der Waals surface area contributed by atoms with E-state index >= 15 is 0 Å². The van der Waals surface area contributed by atoms with E-state index in [0.717, 1.165) is 16.9 Å². The van der Waals surface area contributed by atoms with Gasteiger partial charge >= 0.3 is 6.09 Å². The Morgan fingerprint density at radius 2 is 1.90 bits per heavy atom. The van der Waals surface area contributed by atoms with Crippen molar-refractivity contribution in [2.24, 2.45) is 0 Å². The fourth-order valence-corrected chi connectivity index (χ4v) is 2.90. The monoisotopic (exact) mass is 417 g/mol. The predicted molar refractivity (Wildman–Crippen MR) is 117 cm³/mol. The van der Waals surface area contributed by atoms with Gasteiger partial charge in [-0.05, 0) is 50.6 Å². The summed E-state index contributed by atoms with van der Waals surface area (Å²) >= 11 is 0. The molecule has 4 aromatic rings. The van der Waals surface area contributed by atoms with E-state index in [2.05, 4.69) is 30.9 Å². The van der Waals surface area contributed by atoms with E-state index in [4.69, 9.17) is 4.74 Å². The van der Waals surface area contributed by atoms with Crippen molar-refractivity contribution < 1.29 is 9.53 Å². The molecule has 2 aromatic carbocycles. The molecule has 0 radical (unpaired) electrons. The van der Waals surface area contributed by atoms with E-state index < -0.39 is 11.7 Å². The van der Waals surface area contributed by atoms with Crippen LogP contribution in [0, 0.1) is 0 Å². The molecule has 0 aliphatic carbocycles. The molecule has 0 bridgehead atoms. The zero-order valence-electron chi connectivity index (χ0n) is 17.5. The molecule has 2 aromatic heterocycles. The fraction of sp³-hybridized carbons (Fsp3) is 0.227. The Bertz CT molecular complexity index is 1200. The van der Waals surface area contributed by atoms with Crippen molar-refractivity contribution in [2.75, 3.05) is 5.32 Å². The van der Waals surface area contributed by atoms with Gasteiger partial charge in [0.2, 0.25) is 5.95 Å². The van der Waals surface area contributed by atoms with Gasteiger partial charge in [-0.1, -0.05) is 35.5 Å². The highest BCUT2D eigenvalue weighted by Gasteiger charge is 2.16. The maximum atomic E-state index is 11.9. The van der Waals surface area contributed by atoms with Gasteiger partial charge in [-0.15, -0.1) is 5.10 Å². The van der Waals surface area contributed by atoms with Gasteiger partial charge in [-0.2, -0.15) is 9.67 Å². The predicted octanol–water partition coefficient (Wildman–Crippen LogP) is 3.98. The Labute approximate surface area is 179 Å². The molecule has 2 heterocycles. The van der Waals surface area contributed by atoms with E-state index in [-0.39, 0.29) is 0 Å². The zero-order chi connectivity index (χ0) is 21.8. The van der Waals surface area contributed by atoms with Crippen LogP contribution in [0.15, 0.2) is 60.8 Å². The second-order valence-electron chi connectivity index (χ2n) is 7.92. The number of alkyl carbamates (subject to hydrolysis) is 1. The van der Waals surface area contributed by atoms with E-state index in [9.17, 15) is 4.79 Å². The number of nitrogens with one attached hydrogen (secondary N) is 2. The maximum absolute atomic E-state index is 11.9. The molecule has 0 aliphatic heterocycles. The number of aromatic nitrogens is 5. The summed E-state index contributed by atoms with van der Waals surface area (Å²) in [7, 11) is 0. The molecule has 0 spiro atoms. The van der Waals surface area contributed by atoms with Crippen molar-refractivity contribution in [2.45, 2.75) is 32.9 Å². The number of rotatable bonds is 5. The molecule has 0 saturated carbocycles. The summed E-state index contributed by atoms with van der Waals surface area (Å²) in [5.41, 5.74) is 3.16. The minimum absolute atomic E-state index is 0.325. The van der Waals surface area contributed by atoms with Gasteiger partial charge in [-0.3, -0.25) is 0 Å². The minimum Gasteiger partial charge on any atom is -0.444 e. The van der Waals surface area contributed by atoms with Crippen LogP contribution < -0.4 is 10.6 Å². The summed E-state index contributed by atoms with van der Waals surface area (Å²) < 4.78 is 6.92. The average molecular weight is 417 g/mol. The Kier molecular flexibility index (Phi) is 5.48. The summed E-state index contributed by atoms with van der Waals surface area (Å²) in [6.07, 6.45) is 1.17. The highest BCUT2D eigenvalue weighted by molar-refractivity contribution is 5.73. The number of carbonyl (C=O) groups excluding carboxylic acids is 1. The van der Waals surface area contributed by atoms with Crippen LogP contribution in [-0.2, 0) is 11.3 Å². The second-order valence-corrected chi connectivity index (χ2v) is 7.92. The molecular weight excluding hydrogens is 394 g/mol. The normalized spacial score (nSPS) is 11.3. The van der Waals surface area contributed by atoms with Gasteiger partial charge in [0.05, 0.1) is 11.9 Å². The summed E-state index contributed by atoms with van der Waals surface area (Å²) in [5, 5.41) is 14.3. The molecule has 2 N–H and O–H groups in total. The fourth-order valence-electron chi connectivity index (χ4n) is 2.90. The smallest absolute Gasteiger partial charge is 0.407 e. The Balaban J connectivity index is 1.55. The largest absolute Gasteiger partial charge is 0.444 e. The van der Waals surface area contributed by atoms with Crippen LogP contribution in [0.3, 0.4) is 0 Å². The zero-order valence-corrected chi connectivity index (χ0v) is 17.5. The molecule has 0 fully saturated rings. The summed E-state index contributed by atoms with van der Waals surface area (Å²) in [6, 6.07) is 17.3. The number of para-hydroxylation sites is 1. The number of fused-ring (bicyclic) bond motifs is 1. The number of carbonyl (C=O) groups is 1. The van der Waals surface area contributed by atoms with E-state index in [1.807, 2.05) is 75.4 Å². The van der Waals surface area contributed by atoms with Crippen molar-refractivity contribution >= 4 is 28.9 Å². The van der Waals surface area contributed by atoms with E-state index in [1.54, 1.807) is 10.9 Å². The number of nitrogens with zero attached hydrogens (tertiary/aromatic N) is 5. The lowest BCUT2D eigenvalue weighted by Gasteiger charge is -2.19. The Morgan fingerprint density at radius 3 is 2.68 bits per heavy atom. The Morgan fingerprint density at radius 1 is 1.10 bits per heavy atom. The first-order chi connectivity index (χ1) is 14.9. The molecule has 9 heteroatoms. The SMILES string of the molecule is CC(C)(C)OC(=O)NCc1cccc(-n2nnc3cnc(Nc4ccccc4)nc32)c1. The first-order valence-corrected chi connectivity index (χ1v) is 9.84. The van der Waals surface area contributed by atoms with Gasteiger partial charge in [-0.25, -0.2) is 9.78 Å². The molecule has 9 nitrogen and oxygen atoms in total. The highest BCUT2D eigenvalue weighted by Crippen LogP contribution is 2.18. The second kappa shape index (κ2) is 8.39. The molecular formula is C22H23N7O2. The van der Waals surface area contributed by atoms with Gasteiger partial charge in [0, 0.05) is 12.2 Å². The van der Waals surface area contributed by atoms with Crippen molar-refractivity contribution in [1.82, 2.24) is 30.3 Å². The maximum Gasteiger partial charge on any atom is 0.407 e. The van der Waals surface area contributed by atoms with Crippen LogP contribution in [0.25, 0.3) is 16.9 Å². The summed E-state index contributed by atoms with van der Waals surface area (Å²) in [6.45, 7) is 5.80. The quantitative estimate of drug-likeness (QED) is 0.506. The number of anilines is 2. The lowest BCUT2D eigenvalue weighted by Crippen LogP contribution is -2.32. The molecule has 0 unspecified atom stereocenters. The first kappa shape index (κ1) is 20.3. The number of benzene rings is 2. The van der Waals surface area contributed by atoms with Crippen molar-refractivity contribution in [3.63, 3.8) is 0 Å². The summed E-state index contributed by atoms with van der Waals surface area (Å²) in [4.78, 5) is 20.8. The van der Waals surface area contributed by atoms with E-state index in [1.165, 1.54) is 0 Å². The third kappa shape index (κ3) is 5.13. The van der Waals surface area contributed by atoms with Gasteiger partial charge in [0.15, 0.2) is 11.2 Å². The number of ether oxygens (including phenoxy) is 1. The molecule has 158 valence electrons. The Hall–Kier alpha value is -4.01. The van der Waals surface area contributed by atoms with Crippen molar-refractivity contribution in [3.05, 3.63) is 66.4 Å². The molecule has 0 saturated heterocycles. The average Bonchev–Trinajstić information content (AvgIpc) is 3.15. The molecule has 31 heavy (non-hydrogen) atoms. The summed E-state index contributed by atoms with van der Waals surface area (Å²) in [5.74, 6) is 0.449. The van der Waals surface area contributed by atoms with Crippen LogP contribution in [-0.4, -0.2) is 36.7 Å². The number of hydrogen-bond acceptors (Lipinski definition) is 7. The number of hydrogen-bond donors (Lipinski definition) is 2. The first-order valence-electron chi connectivity index (χ1n) is 9.84. The highest BCUT2D eigenvalue weighted by atomic mass is 16.6. The van der Waals surface area contributed by atoms with Crippen molar-refractivity contribution in [1.29, 1.82) is 0 Å². The number of amides is 1. The molecule has 0 aliphatic rings. The molecule has 1 amide bonds. The van der Waals surface area contributed by atoms with Crippen LogP contribution in [0.1, 0.15) is 26.3 Å². The van der Waals surface area contributed by atoms with Crippen LogP contribution in [0.2, 0.25) is 0 Å². The van der Waals surface area contributed by atoms with Gasteiger partial charge in [0.1, 0.15) is 5.60 Å². The van der Waals surface area contributed by atoms with Gasteiger partial charge in [0.25, 0.3) is 0 Å². The molecule has 4 rings (SSSR count). The van der Waals surface area contributed by atoms with Crippen LogP contribution in [0.5, 0.6) is 0 Å². The lowest BCUT2D eigenvalue weighted by atomic mass is 10.2.